The molecule has 3 fully saturated rings. The van der Waals surface area contributed by atoms with Crippen molar-refractivity contribution in [3.05, 3.63) is 11.6 Å². The molecule has 7 heteroatoms. The number of carboxylic acids is 1. The second-order valence-corrected chi connectivity index (χ2v) is 10.7. The van der Waals surface area contributed by atoms with E-state index in [-0.39, 0.29) is 41.8 Å². The number of rotatable bonds is 4. The van der Waals surface area contributed by atoms with Crippen molar-refractivity contribution in [3.63, 3.8) is 0 Å². The maximum Gasteiger partial charge on any atom is 0.307 e. The summed E-state index contributed by atoms with van der Waals surface area (Å²) in [6, 6.07) is 0. The number of ketones is 1. The summed E-state index contributed by atoms with van der Waals surface area (Å²) in [4.78, 5) is 36.2. The molecule has 0 aromatic heterocycles. The molecule has 4 aliphatic rings. The number of ether oxygens (including phenoxy) is 1. The van der Waals surface area contributed by atoms with Gasteiger partial charge in [-0.15, -0.1) is 0 Å². The number of fused-ring (bicyclic) bond motifs is 5. The molecule has 31 heavy (non-hydrogen) atoms. The minimum atomic E-state index is -1.25. The molecule has 0 bridgehead atoms. The lowest BCUT2D eigenvalue weighted by molar-refractivity contribution is -0.204. The van der Waals surface area contributed by atoms with Crippen molar-refractivity contribution >= 4 is 17.7 Å². The average Bonchev–Trinajstić information content (AvgIpc) is 2.99. The van der Waals surface area contributed by atoms with Crippen LogP contribution in [0.15, 0.2) is 11.6 Å². The standard InChI is InChI=1S/C24H34O7/c1-22-7-4-14(25)10-13(22)11-15(21(28)29)20-16-5-8-24(30,9-6-19(27)31-3)23(16,2)18(26)12-17(20)22/h10,15-18,20,26,30H,4-9,11-12H2,1-3H3,(H,28,29)/t15?,16-,17-,18?,20-,22-,23+,24-/m0/s1. The van der Waals surface area contributed by atoms with Crippen molar-refractivity contribution in [2.45, 2.75) is 76.9 Å². The third kappa shape index (κ3) is 3.10. The van der Waals surface area contributed by atoms with Gasteiger partial charge < -0.3 is 20.1 Å². The second kappa shape index (κ2) is 7.41. The topological polar surface area (TPSA) is 121 Å². The minimum absolute atomic E-state index is 0.0503. The number of esters is 1. The lowest BCUT2D eigenvalue weighted by Gasteiger charge is -2.62. The number of methoxy groups -OCH3 is 1. The highest BCUT2D eigenvalue weighted by atomic mass is 16.5. The number of allylic oxidation sites excluding steroid dienone is 1. The van der Waals surface area contributed by atoms with Crippen LogP contribution < -0.4 is 0 Å². The van der Waals surface area contributed by atoms with Crippen LogP contribution in [0.25, 0.3) is 0 Å². The third-order valence-electron chi connectivity index (χ3n) is 9.71. The zero-order chi connectivity index (χ0) is 22.8. The van der Waals surface area contributed by atoms with E-state index in [1.165, 1.54) is 7.11 Å². The maximum absolute atomic E-state index is 12.4. The highest BCUT2D eigenvalue weighted by molar-refractivity contribution is 5.92. The third-order valence-corrected chi connectivity index (χ3v) is 9.71. The van der Waals surface area contributed by atoms with Crippen molar-refractivity contribution in [1.29, 1.82) is 0 Å². The monoisotopic (exact) mass is 434 g/mol. The second-order valence-electron chi connectivity index (χ2n) is 10.7. The molecule has 0 amide bonds. The van der Waals surface area contributed by atoms with Gasteiger partial charge in [0.15, 0.2) is 5.78 Å². The lowest BCUT2D eigenvalue weighted by Crippen LogP contribution is -2.63. The molecule has 0 aliphatic heterocycles. The summed E-state index contributed by atoms with van der Waals surface area (Å²) < 4.78 is 4.74. The van der Waals surface area contributed by atoms with Crippen LogP contribution in [-0.2, 0) is 19.1 Å². The molecule has 8 atom stereocenters. The maximum atomic E-state index is 12.4. The Morgan fingerprint density at radius 2 is 1.94 bits per heavy atom. The Balaban J connectivity index is 1.74. The Kier molecular flexibility index (Phi) is 5.37. The summed E-state index contributed by atoms with van der Waals surface area (Å²) >= 11 is 0. The van der Waals surface area contributed by atoms with Crippen LogP contribution in [0.1, 0.15) is 65.2 Å². The highest BCUT2D eigenvalue weighted by Crippen LogP contribution is 2.69. The van der Waals surface area contributed by atoms with E-state index < -0.39 is 35.0 Å². The first-order chi connectivity index (χ1) is 14.5. The first-order valence-electron chi connectivity index (χ1n) is 11.4. The Bertz CT molecular complexity index is 834. The zero-order valence-corrected chi connectivity index (χ0v) is 18.6. The number of carbonyl (C=O) groups excluding carboxylic acids is 2. The smallest absolute Gasteiger partial charge is 0.307 e. The summed E-state index contributed by atoms with van der Waals surface area (Å²) in [5.41, 5.74) is -1.54. The molecule has 0 spiro atoms. The molecule has 3 N–H and O–H groups in total. The molecule has 0 aromatic carbocycles. The van der Waals surface area contributed by atoms with Crippen LogP contribution in [0.5, 0.6) is 0 Å². The zero-order valence-electron chi connectivity index (χ0n) is 18.6. The predicted octanol–water partition coefficient (Wildman–Crippen LogP) is 2.48. The predicted molar refractivity (Wildman–Crippen MR) is 111 cm³/mol. The molecule has 3 saturated carbocycles. The van der Waals surface area contributed by atoms with E-state index in [0.29, 0.717) is 38.5 Å². The van der Waals surface area contributed by atoms with Gasteiger partial charge in [0.2, 0.25) is 0 Å². The van der Waals surface area contributed by atoms with Crippen LogP contribution in [0, 0.1) is 34.5 Å². The van der Waals surface area contributed by atoms with Gasteiger partial charge in [-0.05, 0) is 67.8 Å². The summed E-state index contributed by atoms with van der Waals surface area (Å²) in [7, 11) is 1.31. The van der Waals surface area contributed by atoms with Crippen LogP contribution >= 0.6 is 0 Å². The molecule has 172 valence electrons. The average molecular weight is 435 g/mol. The van der Waals surface area contributed by atoms with E-state index in [4.69, 9.17) is 4.74 Å². The molecule has 4 rings (SSSR count). The van der Waals surface area contributed by atoms with Gasteiger partial charge in [-0.2, -0.15) is 0 Å². The molecule has 0 heterocycles. The quantitative estimate of drug-likeness (QED) is 0.581. The van der Waals surface area contributed by atoms with Gasteiger partial charge in [-0.25, -0.2) is 0 Å². The van der Waals surface area contributed by atoms with Crippen LogP contribution in [0.3, 0.4) is 0 Å². The number of carbonyl (C=O) groups is 3. The number of aliphatic hydroxyl groups is 2. The summed E-state index contributed by atoms with van der Waals surface area (Å²) in [5, 5.41) is 33.2. The van der Waals surface area contributed by atoms with Crippen LogP contribution in [0.4, 0.5) is 0 Å². The Morgan fingerprint density at radius 3 is 2.58 bits per heavy atom. The number of aliphatic hydroxyl groups excluding tert-OH is 1. The van der Waals surface area contributed by atoms with E-state index in [1.54, 1.807) is 6.08 Å². The Hall–Kier alpha value is -1.73. The first-order valence-corrected chi connectivity index (χ1v) is 11.4. The van der Waals surface area contributed by atoms with Crippen molar-refractivity contribution in [2.75, 3.05) is 7.11 Å². The number of hydrogen-bond acceptors (Lipinski definition) is 6. The van der Waals surface area contributed by atoms with Crippen molar-refractivity contribution in [3.8, 4) is 0 Å². The number of aliphatic carboxylic acids is 1. The van der Waals surface area contributed by atoms with Gasteiger partial charge in [0, 0.05) is 18.3 Å². The van der Waals surface area contributed by atoms with Gasteiger partial charge >= 0.3 is 11.9 Å². The lowest BCUT2D eigenvalue weighted by atomic mass is 9.43. The van der Waals surface area contributed by atoms with Crippen molar-refractivity contribution in [1.82, 2.24) is 0 Å². The largest absolute Gasteiger partial charge is 0.481 e. The van der Waals surface area contributed by atoms with E-state index in [2.05, 4.69) is 6.92 Å². The molecule has 0 radical (unpaired) electrons. The molecule has 7 nitrogen and oxygen atoms in total. The Morgan fingerprint density at radius 1 is 1.23 bits per heavy atom. The fourth-order valence-corrected chi connectivity index (χ4v) is 7.75. The molecule has 4 aliphatic carbocycles. The molecule has 0 saturated heterocycles. The van der Waals surface area contributed by atoms with E-state index >= 15 is 0 Å². The van der Waals surface area contributed by atoms with Crippen LogP contribution in [0.2, 0.25) is 0 Å². The molecule has 2 unspecified atom stereocenters. The van der Waals surface area contributed by atoms with E-state index in [9.17, 15) is 29.7 Å². The fraction of sp³-hybridized carbons (Fsp3) is 0.792. The highest BCUT2D eigenvalue weighted by Gasteiger charge is 2.69. The first kappa shape index (κ1) is 22.5. The summed E-state index contributed by atoms with van der Waals surface area (Å²) in [5.74, 6) is -2.28. The van der Waals surface area contributed by atoms with E-state index in [1.807, 2.05) is 6.92 Å². The number of hydrogen-bond donors (Lipinski definition) is 3. The van der Waals surface area contributed by atoms with Crippen molar-refractivity contribution < 1.29 is 34.4 Å². The van der Waals surface area contributed by atoms with Crippen LogP contribution in [-0.4, -0.2) is 51.9 Å². The molecule has 0 aromatic rings. The Labute approximate surface area is 182 Å². The molecular formula is C24H34O7. The fourth-order valence-electron chi connectivity index (χ4n) is 7.75. The van der Waals surface area contributed by atoms with Gasteiger partial charge in [-0.3, -0.25) is 14.4 Å². The normalized spacial score (nSPS) is 46.4. The minimum Gasteiger partial charge on any atom is -0.481 e. The van der Waals surface area contributed by atoms with Gasteiger partial charge in [0.1, 0.15) is 0 Å². The SMILES string of the molecule is COC(=O)CC[C@@]1(O)CC[C@H]2[C@@H]3C(C(=O)O)CC4=CC(=O)CC[C@]4(C)[C@H]3CC(O)[C@@]21C. The molecular weight excluding hydrogens is 400 g/mol. The van der Waals surface area contributed by atoms with Gasteiger partial charge in [0.05, 0.1) is 24.7 Å². The van der Waals surface area contributed by atoms with E-state index in [0.717, 1.165) is 5.57 Å². The summed E-state index contributed by atoms with van der Waals surface area (Å²) in [6.45, 7) is 3.99. The summed E-state index contributed by atoms with van der Waals surface area (Å²) in [6.07, 6.45) is 3.99. The number of carboxylic acid groups (broad SMARTS) is 1. The van der Waals surface area contributed by atoms with Gasteiger partial charge in [0.25, 0.3) is 0 Å². The van der Waals surface area contributed by atoms with Crippen molar-refractivity contribution in [2.24, 2.45) is 34.5 Å². The van der Waals surface area contributed by atoms with Gasteiger partial charge in [-0.1, -0.05) is 19.4 Å².